The van der Waals surface area contributed by atoms with Crippen molar-refractivity contribution >= 4 is 12.0 Å². The fourth-order valence-electron chi connectivity index (χ4n) is 2.59. The smallest absolute Gasteiger partial charge is 0.326 e. The lowest BCUT2D eigenvalue weighted by molar-refractivity contribution is 0.210. The second-order valence-corrected chi connectivity index (χ2v) is 5.77. The van der Waals surface area contributed by atoms with Gasteiger partial charge in [-0.25, -0.2) is 4.79 Å². The van der Waals surface area contributed by atoms with Crippen LogP contribution in [0.3, 0.4) is 0 Å². The van der Waals surface area contributed by atoms with Gasteiger partial charge in [0.25, 0.3) is 0 Å². The van der Waals surface area contributed by atoms with Crippen molar-refractivity contribution in [3.63, 3.8) is 0 Å². The van der Waals surface area contributed by atoms with Gasteiger partial charge in [-0.1, -0.05) is 36.4 Å². The molecule has 0 bridgehead atoms. The summed E-state index contributed by atoms with van der Waals surface area (Å²) in [6.07, 6.45) is 1.72. The number of benzene rings is 1. The van der Waals surface area contributed by atoms with Crippen LogP contribution < -0.4 is 5.32 Å². The van der Waals surface area contributed by atoms with Crippen molar-refractivity contribution in [1.29, 1.82) is 0 Å². The minimum absolute atomic E-state index is 0.194. The predicted octanol–water partition coefficient (Wildman–Crippen LogP) is 3.94. The zero-order chi connectivity index (χ0) is 17.8. The van der Waals surface area contributed by atoms with Crippen molar-refractivity contribution in [3.8, 4) is 0 Å². The van der Waals surface area contributed by atoms with E-state index >= 15 is 0 Å². The van der Waals surface area contributed by atoms with Gasteiger partial charge in [-0.05, 0) is 31.5 Å². The molecule has 0 aliphatic heterocycles. The zero-order valence-corrected chi connectivity index (χ0v) is 14.4. The summed E-state index contributed by atoms with van der Waals surface area (Å²) in [6.45, 7) is 3.64. The lowest BCUT2D eigenvalue weighted by Crippen LogP contribution is -2.36. The van der Waals surface area contributed by atoms with Crippen molar-refractivity contribution in [2.24, 2.45) is 0 Å². The molecule has 0 radical (unpaired) electrons. The molecule has 6 heteroatoms. The van der Waals surface area contributed by atoms with Gasteiger partial charge in [-0.15, -0.1) is 0 Å². The van der Waals surface area contributed by atoms with Crippen LogP contribution in [0.2, 0.25) is 0 Å². The topological polar surface area (TPSA) is 71.3 Å². The van der Waals surface area contributed by atoms with E-state index in [2.05, 4.69) is 15.3 Å². The summed E-state index contributed by atoms with van der Waals surface area (Å²) >= 11 is 0. The highest BCUT2D eigenvalue weighted by atomic mass is 16.4. The van der Waals surface area contributed by atoms with Gasteiger partial charge in [0.15, 0.2) is 0 Å². The molecule has 2 heterocycles. The summed E-state index contributed by atoms with van der Waals surface area (Å²) in [6, 6.07) is 15.0. The number of anilines is 1. The number of nitrogens with zero attached hydrogens (tertiary/aromatic N) is 3. The Morgan fingerprint density at radius 1 is 1.12 bits per heavy atom. The molecule has 1 unspecified atom stereocenters. The molecule has 3 aromatic rings. The van der Waals surface area contributed by atoms with Gasteiger partial charge < -0.3 is 9.32 Å². The van der Waals surface area contributed by atoms with Crippen LogP contribution in [0.25, 0.3) is 0 Å². The van der Waals surface area contributed by atoms with Crippen LogP contribution in [0.1, 0.15) is 28.8 Å². The van der Waals surface area contributed by atoms with E-state index in [9.17, 15) is 4.79 Å². The average molecular weight is 336 g/mol. The summed E-state index contributed by atoms with van der Waals surface area (Å²) in [5.41, 5.74) is 2.51. The quantitative estimate of drug-likeness (QED) is 0.783. The van der Waals surface area contributed by atoms with Crippen molar-refractivity contribution in [2.75, 3.05) is 12.4 Å². The normalized spacial score (nSPS) is 11.8. The molecular weight excluding hydrogens is 316 g/mol. The fourth-order valence-corrected chi connectivity index (χ4v) is 2.59. The predicted molar refractivity (Wildman–Crippen MR) is 95.3 cm³/mol. The van der Waals surface area contributed by atoms with Crippen molar-refractivity contribution in [3.05, 3.63) is 77.4 Å². The average Bonchev–Trinajstić information content (AvgIpc) is 2.94. The van der Waals surface area contributed by atoms with Crippen molar-refractivity contribution < 1.29 is 9.21 Å². The number of aryl methyl sites for hydroxylation is 2. The summed E-state index contributed by atoms with van der Waals surface area (Å²) < 4.78 is 5.44. The fraction of sp³-hybridized carbons (Fsp3) is 0.211. The van der Waals surface area contributed by atoms with Gasteiger partial charge in [0.1, 0.15) is 11.8 Å². The lowest BCUT2D eigenvalue weighted by atomic mass is 10.0. The molecule has 0 aliphatic carbocycles. The number of hydrogen-bond acceptors (Lipinski definition) is 4. The Balaban J connectivity index is 1.88. The highest BCUT2D eigenvalue weighted by Gasteiger charge is 2.25. The first-order chi connectivity index (χ1) is 12.1. The molecule has 1 atom stereocenters. The standard InChI is InChI=1S/C19H20N4O2/c1-13-14(2)25-18(21-13)22-19(24)23(3)17(15-9-5-4-6-10-15)16-11-7-8-12-20-16/h4-12,17H,1-3H3,(H,21,22,24). The first-order valence-electron chi connectivity index (χ1n) is 8.00. The van der Waals surface area contributed by atoms with Crippen LogP contribution in [0, 0.1) is 13.8 Å². The first-order valence-corrected chi connectivity index (χ1v) is 8.00. The van der Waals surface area contributed by atoms with Crippen LogP contribution >= 0.6 is 0 Å². The number of carbonyl (C=O) groups is 1. The first kappa shape index (κ1) is 16.7. The van der Waals surface area contributed by atoms with E-state index in [1.165, 1.54) is 0 Å². The van der Waals surface area contributed by atoms with Crippen LogP contribution in [0.5, 0.6) is 0 Å². The monoisotopic (exact) mass is 336 g/mol. The Morgan fingerprint density at radius 2 is 1.84 bits per heavy atom. The van der Waals surface area contributed by atoms with Crippen LogP contribution in [0.15, 0.2) is 59.1 Å². The van der Waals surface area contributed by atoms with E-state index in [0.717, 1.165) is 17.0 Å². The Bertz CT molecular complexity index is 787. The van der Waals surface area contributed by atoms with Gasteiger partial charge in [-0.2, -0.15) is 4.98 Å². The number of rotatable bonds is 4. The second kappa shape index (κ2) is 7.17. The summed E-state index contributed by atoms with van der Waals surface area (Å²) in [5.74, 6) is 0.683. The largest absolute Gasteiger partial charge is 0.428 e. The van der Waals surface area contributed by atoms with Gasteiger partial charge in [0.2, 0.25) is 0 Å². The third-order valence-corrected chi connectivity index (χ3v) is 4.03. The van der Waals surface area contributed by atoms with Gasteiger partial charge >= 0.3 is 12.0 Å². The number of oxazole rings is 1. The number of amides is 2. The summed E-state index contributed by atoms with van der Waals surface area (Å²) in [7, 11) is 1.73. The molecule has 6 nitrogen and oxygen atoms in total. The van der Waals surface area contributed by atoms with E-state index in [1.807, 2.05) is 62.4 Å². The highest BCUT2D eigenvalue weighted by Crippen LogP contribution is 2.26. The molecule has 0 fully saturated rings. The molecule has 2 amide bonds. The van der Waals surface area contributed by atoms with E-state index in [0.29, 0.717) is 5.76 Å². The lowest BCUT2D eigenvalue weighted by Gasteiger charge is -2.27. The molecule has 25 heavy (non-hydrogen) atoms. The van der Waals surface area contributed by atoms with Gasteiger partial charge in [-0.3, -0.25) is 10.3 Å². The number of pyridine rings is 1. The van der Waals surface area contributed by atoms with Crippen LogP contribution in [-0.4, -0.2) is 27.9 Å². The summed E-state index contributed by atoms with van der Waals surface area (Å²) in [4.78, 5) is 22.9. The highest BCUT2D eigenvalue weighted by molar-refractivity contribution is 5.87. The third-order valence-electron chi connectivity index (χ3n) is 4.03. The molecule has 0 aliphatic rings. The number of carbonyl (C=O) groups excluding carboxylic acids is 1. The molecule has 0 saturated heterocycles. The maximum atomic E-state index is 12.7. The Hall–Kier alpha value is -3.15. The molecular formula is C19H20N4O2. The minimum Gasteiger partial charge on any atom is -0.428 e. The van der Waals surface area contributed by atoms with E-state index in [-0.39, 0.29) is 18.1 Å². The Kier molecular flexibility index (Phi) is 4.79. The van der Waals surface area contributed by atoms with Crippen LogP contribution in [0.4, 0.5) is 10.8 Å². The molecule has 128 valence electrons. The Morgan fingerprint density at radius 3 is 2.44 bits per heavy atom. The maximum Gasteiger partial charge on any atom is 0.326 e. The molecule has 2 aromatic heterocycles. The second-order valence-electron chi connectivity index (χ2n) is 5.77. The van der Waals surface area contributed by atoms with E-state index < -0.39 is 0 Å². The van der Waals surface area contributed by atoms with Crippen molar-refractivity contribution in [1.82, 2.24) is 14.9 Å². The van der Waals surface area contributed by atoms with E-state index in [1.54, 1.807) is 18.1 Å². The van der Waals surface area contributed by atoms with E-state index in [4.69, 9.17) is 4.42 Å². The molecule has 0 saturated carbocycles. The Labute approximate surface area is 146 Å². The maximum absolute atomic E-state index is 12.7. The number of aromatic nitrogens is 2. The van der Waals surface area contributed by atoms with Crippen LogP contribution in [-0.2, 0) is 0 Å². The molecule has 1 N–H and O–H groups in total. The SMILES string of the molecule is Cc1nc(NC(=O)N(C)C(c2ccccc2)c2ccccn2)oc1C. The molecule has 1 aromatic carbocycles. The number of hydrogen-bond donors (Lipinski definition) is 1. The number of nitrogens with one attached hydrogen (secondary N) is 1. The van der Waals surface area contributed by atoms with Crippen molar-refractivity contribution in [2.45, 2.75) is 19.9 Å². The van der Waals surface area contributed by atoms with Gasteiger partial charge in [0.05, 0.1) is 11.4 Å². The minimum atomic E-state index is -0.320. The number of urea groups is 1. The molecule has 0 spiro atoms. The third kappa shape index (κ3) is 3.68. The molecule has 3 rings (SSSR count). The zero-order valence-electron chi connectivity index (χ0n) is 14.4. The van der Waals surface area contributed by atoms with Gasteiger partial charge in [0, 0.05) is 13.2 Å². The summed E-state index contributed by atoms with van der Waals surface area (Å²) in [5, 5.41) is 2.70.